The van der Waals surface area contributed by atoms with E-state index < -0.39 is 18.1 Å². The minimum atomic E-state index is -1.09. The molecular formula is C30H36FN3O3. The number of ether oxygens (including phenoxy) is 1. The Bertz CT molecular complexity index is 1200. The van der Waals surface area contributed by atoms with Gasteiger partial charge in [0, 0.05) is 23.7 Å². The molecule has 2 aromatic carbocycles. The Balaban J connectivity index is 1.75. The molecule has 4 rings (SSSR count). The van der Waals surface area contributed by atoms with E-state index in [1.54, 1.807) is 31.2 Å². The summed E-state index contributed by atoms with van der Waals surface area (Å²) in [7, 11) is 2.03. The molecular weight excluding hydrogens is 469 g/mol. The molecule has 196 valence electrons. The molecule has 0 N–H and O–H groups in total. The number of carbonyl (C=O) groups is 2. The van der Waals surface area contributed by atoms with Gasteiger partial charge in [-0.15, -0.1) is 0 Å². The van der Waals surface area contributed by atoms with Crippen molar-refractivity contribution in [1.82, 2.24) is 14.7 Å². The molecule has 2 aromatic rings. The third-order valence-corrected chi connectivity index (χ3v) is 6.70. The van der Waals surface area contributed by atoms with Crippen molar-refractivity contribution in [2.45, 2.75) is 52.7 Å². The van der Waals surface area contributed by atoms with Gasteiger partial charge in [0.15, 0.2) is 11.8 Å². The van der Waals surface area contributed by atoms with Crippen molar-refractivity contribution in [2.24, 2.45) is 5.41 Å². The van der Waals surface area contributed by atoms with Gasteiger partial charge in [0.2, 0.25) is 0 Å². The number of carbonyl (C=O) groups excluding carboxylic acids is 2. The highest BCUT2D eigenvalue weighted by atomic mass is 19.1. The molecule has 2 atom stereocenters. The summed E-state index contributed by atoms with van der Waals surface area (Å²) in [6.45, 7) is 9.50. The molecule has 0 spiro atoms. The quantitative estimate of drug-likeness (QED) is 0.382. The maximum absolute atomic E-state index is 14.7. The molecule has 6 nitrogen and oxygen atoms in total. The van der Waals surface area contributed by atoms with Crippen LogP contribution in [0, 0.1) is 11.2 Å². The SMILES string of the molecule is CCOC(=O)C1C(=O)C=C2N(CN(C)Cc3ccccc3)C(C(C)(C)C)=CC(Cc3ccccc3F)N21. The second-order valence-corrected chi connectivity index (χ2v) is 10.7. The van der Waals surface area contributed by atoms with Crippen LogP contribution in [0.4, 0.5) is 4.39 Å². The maximum Gasteiger partial charge on any atom is 0.337 e. The lowest BCUT2D eigenvalue weighted by Crippen LogP contribution is -2.55. The van der Waals surface area contributed by atoms with Crippen molar-refractivity contribution in [1.29, 1.82) is 0 Å². The third-order valence-electron chi connectivity index (χ3n) is 6.70. The molecule has 2 aliphatic rings. The molecule has 2 aliphatic heterocycles. The smallest absolute Gasteiger partial charge is 0.337 e. The first-order valence-corrected chi connectivity index (χ1v) is 12.8. The molecule has 0 saturated heterocycles. The lowest BCUT2D eigenvalue weighted by molar-refractivity contribution is -0.151. The van der Waals surface area contributed by atoms with Gasteiger partial charge < -0.3 is 14.5 Å². The summed E-state index contributed by atoms with van der Waals surface area (Å²) in [5.41, 5.74) is 2.47. The van der Waals surface area contributed by atoms with Crippen molar-refractivity contribution in [2.75, 3.05) is 20.3 Å². The Labute approximate surface area is 219 Å². The van der Waals surface area contributed by atoms with Crippen molar-refractivity contribution in [3.8, 4) is 0 Å². The minimum Gasteiger partial charge on any atom is -0.464 e. The summed E-state index contributed by atoms with van der Waals surface area (Å²) < 4.78 is 20.0. The summed E-state index contributed by atoms with van der Waals surface area (Å²) >= 11 is 0. The Morgan fingerprint density at radius 3 is 2.41 bits per heavy atom. The van der Waals surface area contributed by atoms with E-state index in [0.29, 0.717) is 24.5 Å². The highest BCUT2D eigenvalue weighted by Crippen LogP contribution is 2.41. The van der Waals surface area contributed by atoms with Crippen LogP contribution < -0.4 is 0 Å². The van der Waals surface area contributed by atoms with Gasteiger partial charge in [0.25, 0.3) is 0 Å². The molecule has 0 amide bonds. The number of benzene rings is 2. The summed E-state index contributed by atoms with van der Waals surface area (Å²) in [4.78, 5) is 32.3. The van der Waals surface area contributed by atoms with E-state index in [4.69, 9.17) is 4.74 Å². The average molecular weight is 506 g/mol. The number of hydrogen-bond acceptors (Lipinski definition) is 6. The first kappa shape index (κ1) is 26.6. The molecule has 0 fully saturated rings. The van der Waals surface area contributed by atoms with Gasteiger partial charge in [-0.3, -0.25) is 9.69 Å². The van der Waals surface area contributed by atoms with E-state index in [1.165, 1.54) is 11.6 Å². The van der Waals surface area contributed by atoms with Gasteiger partial charge in [-0.05, 0) is 43.7 Å². The van der Waals surface area contributed by atoms with E-state index in [1.807, 2.05) is 30.1 Å². The summed E-state index contributed by atoms with van der Waals surface area (Å²) in [5.74, 6) is -0.549. The fourth-order valence-electron chi connectivity index (χ4n) is 5.09. The molecule has 0 aliphatic carbocycles. The van der Waals surface area contributed by atoms with Crippen LogP contribution in [0.15, 0.2) is 78.3 Å². The molecule has 0 bridgehead atoms. The zero-order chi connectivity index (χ0) is 26.7. The Kier molecular flexibility index (Phi) is 7.83. The summed E-state index contributed by atoms with van der Waals surface area (Å²) in [6.07, 6.45) is 3.95. The number of fused-ring (bicyclic) bond motifs is 1. The normalized spacial score (nSPS) is 19.6. The zero-order valence-electron chi connectivity index (χ0n) is 22.3. The highest BCUT2D eigenvalue weighted by molar-refractivity contribution is 6.11. The van der Waals surface area contributed by atoms with E-state index in [9.17, 15) is 14.0 Å². The van der Waals surface area contributed by atoms with Crippen LogP contribution in [0.25, 0.3) is 0 Å². The first-order valence-electron chi connectivity index (χ1n) is 12.8. The molecule has 0 saturated carbocycles. The van der Waals surface area contributed by atoms with Crippen LogP contribution in [0.5, 0.6) is 0 Å². The number of nitrogens with zero attached hydrogens (tertiary/aromatic N) is 3. The van der Waals surface area contributed by atoms with Gasteiger partial charge in [0.05, 0.1) is 19.3 Å². The van der Waals surface area contributed by atoms with E-state index in [2.05, 4.69) is 48.8 Å². The van der Waals surface area contributed by atoms with Gasteiger partial charge in [-0.1, -0.05) is 69.3 Å². The summed E-state index contributed by atoms with van der Waals surface area (Å²) in [5, 5.41) is 0. The highest BCUT2D eigenvalue weighted by Gasteiger charge is 2.48. The molecule has 2 unspecified atom stereocenters. The number of hydrogen-bond donors (Lipinski definition) is 0. The number of rotatable bonds is 8. The summed E-state index contributed by atoms with van der Waals surface area (Å²) in [6, 6.07) is 15.4. The lowest BCUT2D eigenvalue weighted by Gasteiger charge is -2.48. The molecule has 7 heteroatoms. The minimum absolute atomic E-state index is 0.177. The predicted octanol–water partition coefficient (Wildman–Crippen LogP) is 4.73. The average Bonchev–Trinajstić information content (AvgIpc) is 3.19. The maximum atomic E-state index is 14.7. The van der Waals surface area contributed by atoms with Crippen LogP contribution in [-0.2, 0) is 27.3 Å². The van der Waals surface area contributed by atoms with Crippen LogP contribution in [0.1, 0.15) is 38.8 Å². The van der Waals surface area contributed by atoms with Crippen LogP contribution in [0.2, 0.25) is 0 Å². The van der Waals surface area contributed by atoms with Gasteiger partial charge >= 0.3 is 5.97 Å². The van der Waals surface area contributed by atoms with Crippen molar-refractivity contribution in [3.63, 3.8) is 0 Å². The zero-order valence-corrected chi connectivity index (χ0v) is 22.3. The number of esters is 1. The van der Waals surface area contributed by atoms with E-state index in [0.717, 1.165) is 12.2 Å². The van der Waals surface area contributed by atoms with E-state index >= 15 is 0 Å². The fraction of sp³-hybridized carbons (Fsp3) is 0.400. The number of ketones is 1. The van der Waals surface area contributed by atoms with Crippen molar-refractivity contribution < 1.29 is 18.7 Å². The molecule has 0 radical (unpaired) electrons. The fourth-order valence-corrected chi connectivity index (χ4v) is 5.09. The second kappa shape index (κ2) is 10.9. The monoisotopic (exact) mass is 505 g/mol. The van der Waals surface area contributed by atoms with Crippen LogP contribution in [-0.4, -0.2) is 58.9 Å². The van der Waals surface area contributed by atoms with Crippen LogP contribution >= 0.6 is 0 Å². The topological polar surface area (TPSA) is 53.1 Å². The molecule has 2 heterocycles. The second-order valence-electron chi connectivity index (χ2n) is 10.7. The van der Waals surface area contributed by atoms with Crippen molar-refractivity contribution >= 4 is 11.8 Å². The Morgan fingerprint density at radius 1 is 1.08 bits per heavy atom. The third kappa shape index (κ3) is 5.77. The van der Waals surface area contributed by atoms with Gasteiger partial charge in [-0.2, -0.15) is 0 Å². The molecule has 0 aromatic heterocycles. The van der Waals surface area contributed by atoms with Crippen molar-refractivity contribution in [3.05, 3.63) is 95.2 Å². The lowest BCUT2D eigenvalue weighted by atomic mass is 9.87. The number of halogens is 1. The molecule has 37 heavy (non-hydrogen) atoms. The number of allylic oxidation sites excluding steroid dienone is 1. The Hall–Kier alpha value is -3.45. The Morgan fingerprint density at radius 2 is 1.76 bits per heavy atom. The van der Waals surface area contributed by atoms with E-state index in [-0.39, 0.29) is 23.6 Å². The first-order chi connectivity index (χ1) is 17.6. The van der Waals surface area contributed by atoms with Gasteiger partial charge in [-0.25, -0.2) is 9.18 Å². The standard InChI is InChI=1S/C30H36FN3O3/c1-6-37-29(36)28-25(35)18-27-33(20-32(5)19-21-12-8-7-9-13-21)26(30(2,3)4)17-23(34(27)28)16-22-14-10-11-15-24(22)31/h7-15,17-18,23,28H,6,16,19-20H2,1-5H3. The van der Waals surface area contributed by atoms with Gasteiger partial charge in [0.1, 0.15) is 11.6 Å². The van der Waals surface area contributed by atoms with Crippen LogP contribution in [0.3, 0.4) is 0 Å². The largest absolute Gasteiger partial charge is 0.464 e. The predicted molar refractivity (Wildman–Crippen MR) is 141 cm³/mol.